The van der Waals surface area contributed by atoms with E-state index in [1.54, 1.807) is 0 Å². The molecule has 1 fully saturated rings. The van der Waals surface area contributed by atoms with Gasteiger partial charge >= 0.3 is 5.97 Å². The molecular formula is C13H21NO3. The molecule has 1 aliphatic carbocycles. The molecule has 1 saturated carbocycles. The van der Waals surface area contributed by atoms with E-state index >= 15 is 0 Å². The molecule has 0 atom stereocenters. The summed E-state index contributed by atoms with van der Waals surface area (Å²) in [6.45, 7) is 2.60. The molecule has 0 heterocycles. The molecule has 1 N–H and O–H groups in total. The average molecular weight is 239 g/mol. The number of rotatable bonds is 5. The van der Waals surface area contributed by atoms with Crippen molar-refractivity contribution in [1.29, 1.82) is 0 Å². The van der Waals surface area contributed by atoms with Crippen LogP contribution in [0.2, 0.25) is 0 Å². The smallest absolute Gasteiger partial charge is 0.331 e. The van der Waals surface area contributed by atoms with Crippen LogP contribution in [-0.2, 0) is 14.3 Å². The minimum absolute atomic E-state index is 0.0413. The lowest BCUT2D eigenvalue weighted by atomic mass is 9.98. The number of amides is 1. The highest BCUT2D eigenvalue weighted by atomic mass is 16.5. The van der Waals surface area contributed by atoms with Crippen molar-refractivity contribution in [3.8, 4) is 0 Å². The van der Waals surface area contributed by atoms with Crippen LogP contribution in [0.3, 0.4) is 0 Å². The summed E-state index contributed by atoms with van der Waals surface area (Å²) in [4.78, 5) is 22.6. The summed E-state index contributed by atoms with van der Waals surface area (Å²) in [6.07, 6.45) is 8.73. The second-order valence-electron chi connectivity index (χ2n) is 4.32. The van der Waals surface area contributed by atoms with Crippen molar-refractivity contribution >= 4 is 11.9 Å². The summed E-state index contributed by atoms with van der Waals surface area (Å²) in [5.74, 6) is -0.656. The van der Waals surface area contributed by atoms with Crippen molar-refractivity contribution in [3.05, 3.63) is 12.2 Å². The predicted molar refractivity (Wildman–Crippen MR) is 65.4 cm³/mol. The first kappa shape index (κ1) is 13.7. The van der Waals surface area contributed by atoms with Gasteiger partial charge in [0.25, 0.3) is 0 Å². The Kier molecular flexibility index (Phi) is 6.37. The van der Waals surface area contributed by atoms with Gasteiger partial charge in [0.15, 0.2) is 0 Å². The molecule has 96 valence electrons. The van der Waals surface area contributed by atoms with Gasteiger partial charge < -0.3 is 10.1 Å². The van der Waals surface area contributed by atoms with Crippen LogP contribution in [0, 0.1) is 0 Å². The van der Waals surface area contributed by atoms with E-state index in [0.29, 0.717) is 6.54 Å². The summed E-state index contributed by atoms with van der Waals surface area (Å²) in [6, 6.07) is 0. The zero-order valence-corrected chi connectivity index (χ0v) is 10.4. The molecule has 1 rings (SSSR count). The lowest BCUT2D eigenvalue weighted by molar-refractivity contribution is -0.144. The molecule has 0 saturated heterocycles. The van der Waals surface area contributed by atoms with Crippen LogP contribution in [0.15, 0.2) is 12.2 Å². The van der Waals surface area contributed by atoms with E-state index in [-0.39, 0.29) is 12.0 Å². The molecule has 1 amide bonds. The molecule has 0 spiro atoms. The van der Waals surface area contributed by atoms with Crippen LogP contribution in [-0.4, -0.2) is 24.5 Å². The second-order valence-corrected chi connectivity index (χ2v) is 4.32. The maximum Gasteiger partial charge on any atom is 0.331 e. The molecular weight excluding hydrogens is 218 g/mol. The maximum absolute atomic E-state index is 11.4. The normalized spacial score (nSPS) is 17.0. The number of hydrogen-bond acceptors (Lipinski definition) is 3. The molecule has 0 bridgehead atoms. The van der Waals surface area contributed by atoms with E-state index in [0.717, 1.165) is 32.1 Å². The molecule has 0 aromatic heterocycles. The van der Waals surface area contributed by atoms with Crippen molar-refractivity contribution in [3.63, 3.8) is 0 Å². The third-order valence-corrected chi connectivity index (χ3v) is 2.76. The van der Waals surface area contributed by atoms with Crippen molar-refractivity contribution in [2.45, 2.75) is 51.6 Å². The van der Waals surface area contributed by atoms with Crippen molar-refractivity contribution < 1.29 is 14.3 Å². The van der Waals surface area contributed by atoms with Crippen LogP contribution in [0.25, 0.3) is 0 Å². The van der Waals surface area contributed by atoms with Crippen molar-refractivity contribution in [2.24, 2.45) is 0 Å². The highest BCUT2D eigenvalue weighted by molar-refractivity contribution is 5.94. The first-order chi connectivity index (χ1) is 8.22. The Morgan fingerprint density at radius 1 is 1.24 bits per heavy atom. The molecule has 0 aliphatic heterocycles. The highest BCUT2D eigenvalue weighted by Gasteiger charge is 2.16. The summed E-state index contributed by atoms with van der Waals surface area (Å²) in [5, 5.41) is 2.66. The predicted octanol–water partition coefficient (Wildman–Crippen LogP) is 1.94. The van der Waals surface area contributed by atoms with E-state index < -0.39 is 5.97 Å². The molecule has 0 radical (unpaired) electrons. The van der Waals surface area contributed by atoms with Gasteiger partial charge in [0.05, 0.1) is 0 Å². The Balaban J connectivity index is 2.23. The first-order valence-electron chi connectivity index (χ1n) is 6.39. The van der Waals surface area contributed by atoms with Gasteiger partial charge in [-0.15, -0.1) is 0 Å². The van der Waals surface area contributed by atoms with Gasteiger partial charge in [-0.25, -0.2) is 4.79 Å². The number of ether oxygens (including phenoxy) is 1. The zero-order valence-electron chi connectivity index (χ0n) is 10.4. The quantitative estimate of drug-likeness (QED) is 0.589. The van der Waals surface area contributed by atoms with Gasteiger partial charge in [-0.05, 0) is 32.1 Å². The van der Waals surface area contributed by atoms with Crippen LogP contribution in [0.5, 0.6) is 0 Å². The highest BCUT2D eigenvalue weighted by Crippen LogP contribution is 2.20. The Morgan fingerprint density at radius 3 is 2.59 bits per heavy atom. The van der Waals surface area contributed by atoms with Gasteiger partial charge in [-0.3, -0.25) is 4.79 Å². The number of hydrogen-bond donors (Lipinski definition) is 1. The number of nitrogens with one attached hydrogen (secondary N) is 1. The number of carbonyl (C=O) groups excluding carboxylic acids is 2. The second kappa shape index (κ2) is 7.87. The largest absolute Gasteiger partial charge is 0.459 e. The fourth-order valence-electron chi connectivity index (χ4n) is 1.84. The number of carbonyl (C=O) groups is 2. The third kappa shape index (κ3) is 6.09. The lowest BCUT2D eigenvalue weighted by Gasteiger charge is -2.20. The summed E-state index contributed by atoms with van der Waals surface area (Å²) >= 11 is 0. The molecule has 1 aliphatic rings. The van der Waals surface area contributed by atoms with Gasteiger partial charge in [0.2, 0.25) is 5.91 Å². The SMILES string of the molecule is CCCNC(=O)/C=C\C(=O)OC1CCCCC1. The van der Waals surface area contributed by atoms with E-state index in [2.05, 4.69) is 5.32 Å². The Morgan fingerprint density at radius 2 is 1.94 bits per heavy atom. The number of esters is 1. The molecule has 0 aromatic rings. The zero-order chi connectivity index (χ0) is 12.5. The first-order valence-corrected chi connectivity index (χ1v) is 6.39. The van der Waals surface area contributed by atoms with Crippen LogP contribution >= 0.6 is 0 Å². The average Bonchev–Trinajstić information content (AvgIpc) is 2.35. The lowest BCUT2D eigenvalue weighted by Crippen LogP contribution is -2.23. The monoisotopic (exact) mass is 239 g/mol. The Bertz CT molecular complexity index is 280. The van der Waals surface area contributed by atoms with Crippen LogP contribution in [0.4, 0.5) is 0 Å². The van der Waals surface area contributed by atoms with Crippen LogP contribution < -0.4 is 5.32 Å². The molecule has 0 unspecified atom stereocenters. The van der Waals surface area contributed by atoms with Crippen molar-refractivity contribution in [2.75, 3.05) is 6.54 Å². The summed E-state index contributed by atoms with van der Waals surface area (Å²) < 4.78 is 5.24. The van der Waals surface area contributed by atoms with Gasteiger partial charge in [0, 0.05) is 18.7 Å². The Hall–Kier alpha value is -1.32. The topological polar surface area (TPSA) is 55.4 Å². The fraction of sp³-hybridized carbons (Fsp3) is 0.692. The molecule has 0 aromatic carbocycles. The van der Waals surface area contributed by atoms with E-state index in [4.69, 9.17) is 4.74 Å². The van der Waals surface area contributed by atoms with E-state index in [1.807, 2.05) is 6.92 Å². The third-order valence-electron chi connectivity index (χ3n) is 2.76. The van der Waals surface area contributed by atoms with E-state index in [1.165, 1.54) is 18.6 Å². The fourth-order valence-corrected chi connectivity index (χ4v) is 1.84. The van der Waals surface area contributed by atoms with Gasteiger partial charge in [-0.2, -0.15) is 0 Å². The Labute approximate surface area is 102 Å². The van der Waals surface area contributed by atoms with Gasteiger partial charge in [-0.1, -0.05) is 13.3 Å². The van der Waals surface area contributed by atoms with Crippen molar-refractivity contribution in [1.82, 2.24) is 5.32 Å². The minimum Gasteiger partial charge on any atom is -0.459 e. The minimum atomic E-state index is -0.413. The van der Waals surface area contributed by atoms with Crippen LogP contribution in [0.1, 0.15) is 45.4 Å². The van der Waals surface area contributed by atoms with Gasteiger partial charge in [0.1, 0.15) is 6.10 Å². The molecule has 4 heteroatoms. The summed E-state index contributed by atoms with van der Waals surface area (Å²) in [5.41, 5.74) is 0. The van der Waals surface area contributed by atoms with E-state index in [9.17, 15) is 9.59 Å². The molecule has 4 nitrogen and oxygen atoms in total. The maximum atomic E-state index is 11.4. The standard InChI is InChI=1S/C13H21NO3/c1-2-10-14-12(15)8-9-13(16)17-11-6-4-3-5-7-11/h8-9,11H,2-7,10H2,1H3,(H,14,15)/b9-8-. The summed E-state index contributed by atoms with van der Waals surface area (Å²) in [7, 11) is 0. The molecule has 17 heavy (non-hydrogen) atoms.